The quantitative estimate of drug-likeness (QED) is 0.196. The standard InChI is InChI=1S/C33H38N2O2S/c1-25-17-21-31(22-18-25)38(36,37)35-33(30-15-8-5-9-16-30)32(29-13-6-4-7-14-29)34-23-11-10-12-28-20-19-26(2)27(3)24-28/h4-9,13-22,24,32-35H,10-12,23H2,1-3H3/t32-,33-/m0/s1. The Bertz CT molecular complexity index is 1400. The van der Waals surface area contributed by atoms with Crippen molar-refractivity contribution in [1.82, 2.24) is 10.0 Å². The molecule has 4 nitrogen and oxygen atoms in total. The zero-order chi connectivity index (χ0) is 27.0. The zero-order valence-corrected chi connectivity index (χ0v) is 23.3. The van der Waals surface area contributed by atoms with Crippen LogP contribution < -0.4 is 10.0 Å². The number of benzene rings is 4. The summed E-state index contributed by atoms with van der Waals surface area (Å²) in [5.74, 6) is 0. The van der Waals surface area contributed by atoms with Crippen LogP contribution in [0.4, 0.5) is 0 Å². The van der Waals surface area contributed by atoms with Gasteiger partial charge in [0.1, 0.15) is 0 Å². The summed E-state index contributed by atoms with van der Waals surface area (Å²) in [6.45, 7) is 7.03. The van der Waals surface area contributed by atoms with Crippen molar-refractivity contribution in [3.8, 4) is 0 Å². The van der Waals surface area contributed by atoms with Crippen LogP contribution in [0, 0.1) is 20.8 Å². The minimum atomic E-state index is -3.75. The van der Waals surface area contributed by atoms with Crippen LogP contribution in [-0.4, -0.2) is 15.0 Å². The van der Waals surface area contributed by atoms with Crippen molar-refractivity contribution in [2.75, 3.05) is 6.54 Å². The van der Waals surface area contributed by atoms with Crippen LogP contribution in [-0.2, 0) is 16.4 Å². The number of rotatable bonds is 12. The van der Waals surface area contributed by atoms with Gasteiger partial charge in [-0.3, -0.25) is 0 Å². The summed E-state index contributed by atoms with van der Waals surface area (Å²) in [4.78, 5) is 0.268. The molecule has 0 aromatic heterocycles. The molecule has 4 rings (SSSR count). The summed E-state index contributed by atoms with van der Waals surface area (Å²) in [5, 5.41) is 3.70. The number of nitrogens with one attached hydrogen (secondary N) is 2. The zero-order valence-electron chi connectivity index (χ0n) is 22.5. The van der Waals surface area contributed by atoms with E-state index in [1.54, 1.807) is 12.1 Å². The molecule has 0 bridgehead atoms. The fraction of sp³-hybridized carbons (Fsp3) is 0.273. The third-order valence-corrected chi connectivity index (χ3v) is 8.55. The Labute approximate surface area is 228 Å². The molecule has 0 fully saturated rings. The van der Waals surface area contributed by atoms with E-state index in [0.29, 0.717) is 0 Å². The van der Waals surface area contributed by atoms with Crippen molar-refractivity contribution in [1.29, 1.82) is 0 Å². The normalized spacial score (nSPS) is 13.2. The van der Waals surface area contributed by atoms with Crippen molar-refractivity contribution in [3.05, 3.63) is 137 Å². The molecule has 0 amide bonds. The van der Waals surface area contributed by atoms with Gasteiger partial charge in [-0.15, -0.1) is 0 Å². The van der Waals surface area contributed by atoms with Crippen LogP contribution in [0.5, 0.6) is 0 Å². The predicted octanol–water partition coefficient (Wildman–Crippen LogP) is 6.99. The summed E-state index contributed by atoms with van der Waals surface area (Å²) in [7, 11) is -3.75. The molecular formula is C33H38N2O2S. The maximum atomic E-state index is 13.5. The Morgan fingerprint density at radius 3 is 1.87 bits per heavy atom. The van der Waals surface area contributed by atoms with E-state index in [1.807, 2.05) is 67.6 Å². The molecule has 4 aromatic carbocycles. The monoisotopic (exact) mass is 526 g/mol. The van der Waals surface area contributed by atoms with Gasteiger partial charge in [-0.05, 0) is 86.5 Å². The lowest BCUT2D eigenvalue weighted by molar-refractivity contribution is 0.417. The van der Waals surface area contributed by atoms with Crippen molar-refractivity contribution < 1.29 is 8.42 Å². The first-order valence-electron chi connectivity index (χ1n) is 13.3. The van der Waals surface area contributed by atoms with Gasteiger partial charge in [0.15, 0.2) is 0 Å². The number of aryl methyl sites for hydroxylation is 4. The largest absolute Gasteiger partial charge is 0.308 e. The lowest BCUT2D eigenvalue weighted by Crippen LogP contribution is -2.39. The van der Waals surface area contributed by atoms with Gasteiger partial charge in [-0.2, -0.15) is 0 Å². The van der Waals surface area contributed by atoms with Gasteiger partial charge < -0.3 is 5.32 Å². The third-order valence-electron chi connectivity index (χ3n) is 7.09. The van der Waals surface area contributed by atoms with Crippen LogP contribution in [0.15, 0.2) is 108 Å². The summed E-state index contributed by atoms with van der Waals surface area (Å²) in [5.41, 5.74) is 6.99. The van der Waals surface area contributed by atoms with E-state index in [9.17, 15) is 8.42 Å². The summed E-state index contributed by atoms with van der Waals surface area (Å²) in [6.07, 6.45) is 3.07. The molecule has 2 N–H and O–H groups in total. The summed E-state index contributed by atoms with van der Waals surface area (Å²) >= 11 is 0. The summed E-state index contributed by atoms with van der Waals surface area (Å²) in [6, 6.07) is 32.9. The molecule has 2 atom stereocenters. The molecule has 38 heavy (non-hydrogen) atoms. The number of hydrogen-bond donors (Lipinski definition) is 2. The number of sulfonamides is 1. The van der Waals surface area contributed by atoms with E-state index in [2.05, 4.69) is 54.2 Å². The van der Waals surface area contributed by atoms with E-state index >= 15 is 0 Å². The second kappa shape index (κ2) is 13.0. The van der Waals surface area contributed by atoms with Gasteiger partial charge in [0.25, 0.3) is 0 Å². The van der Waals surface area contributed by atoms with Gasteiger partial charge in [0.05, 0.1) is 17.0 Å². The fourth-order valence-corrected chi connectivity index (χ4v) is 5.94. The average Bonchev–Trinajstić information content (AvgIpc) is 2.93. The first-order chi connectivity index (χ1) is 18.3. The fourth-order valence-electron chi connectivity index (χ4n) is 4.70. The van der Waals surface area contributed by atoms with Crippen molar-refractivity contribution in [2.45, 2.75) is 57.0 Å². The van der Waals surface area contributed by atoms with Crippen molar-refractivity contribution in [2.24, 2.45) is 0 Å². The number of hydrogen-bond acceptors (Lipinski definition) is 3. The van der Waals surface area contributed by atoms with Gasteiger partial charge in [-0.25, -0.2) is 13.1 Å². The molecule has 0 aliphatic heterocycles. The first-order valence-corrected chi connectivity index (χ1v) is 14.8. The highest BCUT2D eigenvalue weighted by Crippen LogP contribution is 2.31. The Morgan fingerprint density at radius 1 is 0.658 bits per heavy atom. The van der Waals surface area contributed by atoms with Crippen LogP contribution in [0.1, 0.15) is 58.3 Å². The molecule has 0 radical (unpaired) electrons. The minimum absolute atomic E-state index is 0.236. The maximum absolute atomic E-state index is 13.5. The molecule has 0 unspecified atom stereocenters. The topological polar surface area (TPSA) is 58.2 Å². The second-order valence-electron chi connectivity index (χ2n) is 10.0. The third kappa shape index (κ3) is 7.41. The molecule has 4 aromatic rings. The molecular weight excluding hydrogens is 488 g/mol. The molecule has 0 heterocycles. The van der Waals surface area contributed by atoms with Crippen LogP contribution in [0.25, 0.3) is 0 Å². The smallest absolute Gasteiger partial charge is 0.241 e. The predicted molar refractivity (Wildman–Crippen MR) is 157 cm³/mol. The molecule has 0 aliphatic rings. The lowest BCUT2D eigenvalue weighted by Gasteiger charge is -2.30. The van der Waals surface area contributed by atoms with Gasteiger partial charge in [0.2, 0.25) is 10.0 Å². The van der Waals surface area contributed by atoms with Crippen LogP contribution >= 0.6 is 0 Å². The highest BCUT2D eigenvalue weighted by atomic mass is 32.2. The Morgan fingerprint density at radius 2 is 1.26 bits per heavy atom. The molecule has 0 saturated carbocycles. The van der Waals surface area contributed by atoms with Crippen LogP contribution in [0.3, 0.4) is 0 Å². The second-order valence-corrected chi connectivity index (χ2v) is 11.8. The first kappa shape index (κ1) is 27.8. The van der Waals surface area contributed by atoms with E-state index < -0.39 is 16.1 Å². The van der Waals surface area contributed by atoms with Crippen LogP contribution in [0.2, 0.25) is 0 Å². The van der Waals surface area contributed by atoms with Gasteiger partial charge in [0, 0.05) is 0 Å². The minimum Gasteiger partial charge on any atom is -0.308 e. The molecule has 5 heteroatoms. The average molecular weight is 527 g/mol. The van der Waals surface area contributed by atoms with Gasteiger partial charge >= 0.3 is 0 Å². The number of unbranched alkanes of at least 4 members (excludes halogenated alkanes) is 1. The molecule has 0 saturated heterocycles. The molecule has 198 valence electrons. The van der Waals surface area contributed by atoms with Crippen molar-refractivity contribution >= 4 is 10.0 Å². The highest BCUT2D eigenvalue weighted by molar-refractivity contribution is 7.89. The van der Waals surface area contributed by atoms with E-state index in [4.69, 9.17) is 0 Å². The SMILES string of the molecule is Cc1ccc(S(=O)(=O)N[C@@H](c2ccccc2)[C@@H](NCCCCc2ccc(C)c(C)c2)c2ccccc2)cc1. The van der Waals surface area contributed by atoms with Gasteiger partial charge in [-0.1, -0.05) is 96.6 Å². The Hall–Kier alpha value is -3.25. The summed E-state index contributed by atoms with van der Waals surface area (Å²) < 4.78 is 30.0. The Balaban J connectivity index is 1.54. The van der Waals surface area contributed by atoms with E-state index in [-0.39, 0.29) is 10.9 Å². The lowest BCUT2D eigenvalue weighted by atomic mass is 9.94. The Kier molecular flexibility index (Phi) is 9.51. The van der Waals surface area contributed by atoms with E-state index in [1.165, 1.54) is 16.7 Å². The van der Waals surface area contributed by atoms with Crippen molar-refractivity contribution in [3.63, 3.8) is 0 Å². The highest BCUT2D eigenvalue weighted by Gasteiger charge is 2.29. The molecule has 0 spiro atoms. The maximum Gasteiger partial charge on any atom is 0.241 e. The molecule has 0 aliphatic carbocycles. The van der Waals surface area contributed by atoms with E-state index in [0.717, 1.165) is 42.5 Å².